The van der Waals surface area contributed by atoms with Gasteiger partial charge in [0.05, 0.1) is 12.6 Å². The first-order chi connectivity index (χ1) is 9.17. The van der Waals surface area contributed by atoms with Crippen LogP contribution in [0.1, 0.15) is 35.9 Å². The number of hydrogen-bond donors (Lipinski definition) is 3. The smallest absolute Gasteiger partial charge is 0.268 e. The quantitative estimate of drug-likeness (QED) is 0.771. The molecule has 2 heterocycles. The van der Waals surface area contributed by atoms with Gasteiger partial charge in [-0.3, -0.25) is 4.79 Å². The average Bonchev–Trinajstić information content (AvgIpc) is 2.79. The van der Waals surface area contributed by atoms with Gasteiger partial charge in [-0.1, -0.05) is 11.3 Å². The Morgan fingerprint density at radius 2 is 2.42 bits per heavy atom. The highest BCUT2D eigenvalue weighted by molar-refractivity contribution is 7.18. The number of aliphatic hydroxyl groups excluding tert-OH is 1. The Hall–Kier alpha value is -1.34. The second-order valence-corrected chi connectivity index (χ2v) is 5.59. The second kappa shape index (κ2) is 6.21. The molecule has 7 heteroatoms. The number of anilines is 2. The molecule has 1 amide bonds. The van der Waals surface area contributed by atoms with Crippen LogP contribution >= 0.6 is 11.3 Å². The first-order valence-electron chi connectivity index (χ1n) is 6.59. The number of nitrogen functional groups attached to an aromatic ring is 1. The predicted molar refractivity (Wildman–Crippen MR) is 76.5 cm³/mol. The van der Waals surface area contributed by atoms with Crippen LogP contribution in [-0.4, -0.2) is 46.6 Å². The van der Waals surface area contributed by atoms with E-state index in [1.807, 2.05) is 6.92 Å². The van der Waals surface area contributed by atoms with Gasteiger partial charge in [0.2, 0.25) is 0 Å². The molecule has 1 aromatic heterocycles. The highest BCUT2D eigenvalue weighted by Gasteiger charge is 2.29. The van der Waals surface area contributed by atoms with Crippen molar-refractivity contribution in [3.63, 3.8) is 0 Å². The molecule has 6 nitrogen and oxygen atoms in total. The Morgan fingerprint density at radius 3 is 3.11 bits per heavy atom. The van der Waals surface area contributed by atoms with E-state index in [4.69, 9.17) is 5.73 Å². The molecular weight excluding hydrogens is 264 g/mol. The fourth-order valence-corrected chi connectivity index (χ4v) is 3.21. The Morgan fingerprint density at radius 1 is 1.63 bits per heavy atom. The van der Waals surface area contributed by atoms with Gasteiger partial charge in [-0.2, -0.15) is 0 Å². The van der Waals surface area contributed by atoms with Gasteiger partial charge >= 0.3 is 0 Å². The highest BCUT2D eigenvalue weighted by Crippen LogP contribution is 2.28. The molecule has 1 aliphatic heterocycles. The van der Waals surface area contributed by atoms with Crippen LogP contribution in [0.5, 0.6) is 0 Å². The fourth-order valence-electron chi connectivity index (χ4n) is 2.30. The number of carbonyl (C=O) groups is 1. The molecule has 1 fully saturated rings. The summed E-state index contributed by atoms with van der Waals surface area (Å²) in [4.78, 5) is 18.8. The minimum absolute atomic E-state index is 0.00448. The first kappa shape index (κ1) is 14.1. The Bertz CT molecular complexity index is 449. The third kappa shape index (κ3) is 2.98. The minimum Gasteiger partial charge on any atom is -0.394 e. The number of aliphatic hydroxyl groups is 1. The van der Waals surface area contributed by atoms with E-state index in [2.05, 4.69) is 10.3 Å². The largest absolute Gasteiger partial charge is 0.394 e. The molecule has 106 valence electrons. The minimum atomic E-state index is -0.113. The van der Waals surface area contributed by atoms with E-state index in [-0.39, 0.29) is 24.4 Å². The standard InChI is InChI=1S/C12H20N4O2S/c1-2-14-12-15-10(13)9(19-12)11(18)16-6-4-3-5-8(16)7-17/h8,17H,2-7,13H2,1H3,(H,14,15). The molecule has 4 N–H and O–H groups in total. The van der Waals surface area contributed by atoms with Crippen LogP contribution in [0.15, 0.2) is 0 Å². The summed E-state index contributed by atoms with van der Waals surface area (Å²) in [5, 5.41) is 13.1. The van der Waals surface area contributed by atoms with E-state index in [1.165, 1.54) is 11.3 Å². The molecule has 0 aromatic carbocycles. The molecule has 0 radical (unpaired) electrons. The Labute approximate surface area is 116 Å². The summed E-state index contributed by atoms with van der Waals surface area (Å²) < 4.78 is 0. The third-order valence-electron chi connectivity index (χ3n) is 3.27. The predicted octanol–water partition coefficient (Wildman–Crippen LogP) is 1.14. The number of hydrogen-bond acceptors (Lipinski definition) is 6. The molecule has 0 bridgehead atoms. The lowest BCUT2D eigenvalue weighted by Crippen LogP contribution is -2.45. The molecule has 19 heavy (non-hydrogen) atoms. The molecule has 1 aromatic rings. The lowest BCUT2D eigenvalue weighted by Gasteiger charge is -2.34. The lowest BCUT2D eigenvalue weighted by atomic mass is 10.0. The Balaban J connectivity index is 2.17. The number of piperidine rings is 1. The molecule has 2 rings (SSSR count). The van der Waals surface area contributed by atoms with Gasteiger partial charge in [-0.05, 0) is 26.2 Å². The van der Waals surface area contributed by atoms with Crippen molar-refractivity contribution in [3.05, 3.63) is 4.88 Å². The van der Waals surface area contributed by atoms with Gasteiger partial charge in [0.15, 0.2) is 5.13 Å². The van der Waals surface area contributed by atoms with Crippen molar-refractivity contribution >= 4 is 28.2 Å². The van der Waals surface area contributed by atoms with Crippen molar-refractivity contribution in [1.82, 2.24) is 9.88 Å². The number of carbonyl (C=O) groups excluding carboxylic acids is 1. The van der Waals surface area contributed by atoms with Crippen LogP contribution in [-0.2, 0) is 0 Å². The van der Waals surface area contributed by atoms with Crippen LogP contribution < -0.4 is 11.1 Å². The van der Waals surface area contributed by atoms with Crippen LogP contribution in [0.25, 0.3) is 0 Å². The van der Waals surface area contributed by atoms with Crippen molar-refractivity contribution in [1.29, 1.82) is 0 Å². The Kier molecular flexibility index (Phi) is 4.60. The van der Waals surface area contributed by atoms with Gasteiger partial charge in [0.1, 0.15) is 10.7 Å². The SMILES string of the molecule is CCNc1nc(N)c(C(=O)N2CCCCC2CO)s1. The van der Waals surface area contributed by atoms with Gasteiger partial charge in [-0.15, -0.1) is 0 Å². The maximum atomic E-state index is 12.5. The zero-order valence-corrected chi connectivity index (χ0v) is 11.9. The second-order valence-electron chi connectivity index (χ2n) is 4.59. The fraction of sp³-hybridized carbons (Fsp3) is 0.667. The summed E-state index contributed by atoms with van der Waals surface area (Å²) in [5.74, 6) is 0.158. The topological polar surface area (TPSA) is 91.5 Å². The first-order valence-corrected chi connectivity index (χ1v) is 7.41. The monoisotopic (exact) mass is 284 g/mol. The zero-order chi connectivity index (χ0) is 13.8. The van der Waals surface area contributed by atoms with Crippen molar-refractivity contribution in [2.45, 2.75) is 32.2 Å². The van der Waals surface area contributed by atoms with E-state index in [9.17, 15) is 9.90 Å². The van der Waals surface area contributed by atoms with E-state index in [0.29, 0.717) is 16.6 Å². The number of amides is 1. The molecule has 1 saturated heterocycles. The third-order valence-corrected chi connectivity index (χ3v) is 4.29. The number of likely N-dealkylation sites (tertiary alicyclic amines) is 1. The van der Waals surface area contributed by atoms with E-state index in [0.717, 1.165) is 25.8 Å². The summed E-state index contributed by atoms with van der Waals surface area (Å²) in [5.41, 5.74) is 5.82. The van der Waals surface area contributed by atoms with Crippen molar-refractivity contribution in [2.24, 2.45) is 0 Å². The number of aromatic nitrogens is 1. The normalized spacial score (nSPS) is 19.5. The van der Waals surface area contributed by atoms with Gasteiger partial charge in [0.25, 0.3) is 5.91 Å². The maximum Gasteiger partial charge on any atom is 0.268 e. The van der Waals surface area contributed by atoms with Gasteiger partial charge in [-0.25, -0.2) is 4.98 Å². The summed E-state index contributed by atoms with van der Waals surface area (Å²) in [6, 6.07) is -0.0923. The summed E-state index contributed by atoms with van der Waals surface area (Å²) in [6.45, 7) is 3.39. The lowest BCUT2D eigenvalue weighted by molar-refractivity contribution is 0.0508. The summed E-state index contributed by atoms with van der Waals surface area (Å²) in [6.07, 6.45) is 2.87. The molecule has 1 unspecified atom stereocenters. The molecular formula is C12H20N4O2S. The van der Waals surface area contributed by atoms with Gasteiger partial charge < -0.3 is 21.1 Å². The summed E-state index contributed by atoms with van der Waals surface area (Å²) in [7, 11) is 0. The number of nitrogens with two attached hydrogens (primary N) is 1. The van der Waals surface area contributed by atoms with Gasteiger partial charge in [0, 0.05) is 13.1 Å². The molecule has 0 spiro atoms. The molecule has 0 aliphatic carbocycles. The molecule has 1 aliphatic rings. The number of thiazole rings is 1. The average molecular weight is 284 g/mol. The maximum absolute atomic E-state index is 12.5. The van der Waals surface area contributed by atoms with Crippen LogP contribution in [0, 0.1) is 0 Å². The number of nitrogens with one attached hydrogen (secondary N) is 1. The van der Waals surface area contributed by atoms with Crippen molar-refractivity contribution < 1.29 is 9.90 Å². The number of rotatable bonds is 4. The van der Waals surface area contributed by atoms with Crippen molar-refractivity contribution in [2.75, 3.05) is 30.7 Å². The zero-order valence-electron chi connectivity index (χ0n) is 11.1. The van der Waals surface area contributed by atoms with E-state index >= 15 is 0 Å². The number of nitrogens with zero attached hydrogens (tertiary/aromatic N) is 2. The van der Waals surface area contributed by atoms with Crippen molar-refractivity contribution in [3.8, 4) is 0 Å². The van der Waals surface area contributed by atoms with Crippen LogP contribution in [0.4, 0.5) is 10.9 Å². The van der Waals surface area contributed by atoms with E-state index in [1.54, 1.807) is 4.90 Å². The molecule has 1 atom stereocenters. The van der Waals surface area contributed by atoms with E-state index < -0.39 is 0 Å². The van der Waals surface area contributed by atoms with Crippen LogP contribution in [0.2, 0.25) is 0 Å². The summed E-state index contributed by atoms with van der Waals surface area (Å²) >= 11 is 1.28. The highest BCUT2D eigenvalue weighted by atomic mass is 32.1. The van der Waals surface area contributed by atoms with Crippen LogP contribution in [0.3, 0.4) is 0 Å². The molecule has 0 saturated carbocycles.